The van der Waals surface area contributed by atoms with Crippen LogP contribution < -0.4 is 0 Å². The summed E-state index contributed by atoms with van der Waals surface area (Å²) in [5.74, 6) is 0. The van der Waals surface area contributed by atoms with E-state index in [1.807, 2.05) is 37.3 Å². The first-order valence-electron chi connectivity index (χ1n) is 4.72. The van der Waals surface area contributed by atoms with Gasteiger partial charge in [0.05, 0.1) is 13.2 Å². The Balaban J connectivity index is 2.76. The molecule has 0 unspecified atom stereocenters. The summed E-state index contributed by atoms with van der Waals surface area (Å²) in [7, 11) is 0. The first kappa shape index (κ1) is 11.0. The van der Waals surface area contributed by atoms with Crippen LogP contribution in [0, 0.1) is 0 Å². The van der Waals surface area contributed by atoms with E-state index in [0.717, 1.165) is 23.1 Å². The molecule has 0 amide bonds. The van der Waals surface area contributed by atoms with Gasteiger partial charge in [-0.3, -0.25) is 0 Å². The molecule has 0 saturated heterocycles. The molecule has 0 aliphatic rings. The van der Waals surface area contributed by atoms with Crippen molar-refractivity contribution >= 4 is 0 Å². The third-order valence-corrected chi connectivity index (χ3v) is 2.21. The summed E-state index contributed by atoms with van der Waals surface area (Å²) < 4.78 is 0. The normalized spacial score (nSPS) is 11.8. The highest BCUT2D eigenvalue weighted by Crippen LogP contribution is 2.10. The summed E-state index contributed by atoms with van der Waals surface area (Å²) in [5.41, 5.74) is 3.02. The van der Waals surface area contributed by atoms with E-state index in [0.29, 0.717) is 0 Å². The third kappa shape index (κ3) is 2.98. The summed E-state index contributed by atoms with van der Waals surface area (Å²) in [5, 5.41) is 17.9. The molecule has 1 aromatic carbocycles. The first-order valence-corrected chi connectivity index (χ1v) is 4.72. The van der Waals surface area contributed by atoms with Gasteiger partial charge in [0.1, 0.15) is 0 Å². The zero-order chi connectivity index (χ0) is 10.4. The van der Waals surface area contributed by atoms with Gasteiger partial charge >= 0.3 is 0 Å². The Kier molecular flexibility index (Phi) is 4.36. The van der Waals surface area contributed by atoms with Gasteiger partial charge in [0.2, 0.25) is 0 Å². The van der Waals surface area contributed by atoms with Crippen LogP contribution >= 0.6 is 0 Å². The lowest BCUT2D eigenvalue weighted by Gasteiger charge is -2.04. The fourth-order valence-electron chi connectivity index (χ4n) is 1.26. The van der Waals surface area contributed by atoms with Gasteiger partial charge in [-0.2, -0.15) is 0 Å². The molecule has 1 rings (SSSR count). The van der Waals surface area contributed by atoms with Crippen molar-refractivity contribution in [2.45, 2.75) is 20.0 Å². The van der Waals surface area contributed by atoms with Gasteiger partial charge in [-0.1, -0.05) is 35.9 Å². The second-order valence-corrected chi connectivity index (χ2v) is 3.34. The Morgan fingerprint density at radius 1 is 1.21 bits per heavy atom. The van der Waals surface area contributed by atoms with Crippen LogP contribution in [0.25, 0.3) is 0 Å². The van der Waals surface area contributed by atoms with Crippen molar-refractivity contribution in [3.05, 3.63) is 47.0 Å². The molecule has 0 aliphatic carbocycles. The van der Waals surface area contributed by atoms with Crippen LogP contribution in [0.4, 0.5) is 0 Å². The van der Waals surface area contributed by atoms with E-state index in [9.17, 15) is 0 Å². The van der Waals surface area contributed by atoms with Crippen LogP contribution in [0.5, 0.6) is 0 Å². The predicted molar refractivity (Wildman–Crippen MR) is 56.9 cm³/mol. The summed E-state index contributed by atoms with van der Waals surface area (Å²) in [4.78, 5) is 0. The minimum Gasteiger partial charge on any atom is -0.392 e. The maximum atomic E-state index is 9.07. The Hall–Kier alpha value is -1.12. The van der Waals surface area contributed by atoms with Crippen LogP contribution in [-0.2, 0) is 13.0 Å². The number of rotatable bonds is 4. The highest BCUT2D eigenvalue weighted by atomic mass is 16.3. The van der Waals surface area contributed by atoms with E-state index in [4.69, 9.17) is 10.2 Å². The highest BCUT2D eigenvalue weighted by Gasteiger charge is 1.98. The zero-order valence-electron chi connectivity index (χ0n) is 8.40. The van der Waals surface area contributed by atoms with Gasteiger partial charge in [0.15, 0.2) is 0 Å². The van der Waals surface area contributed by atoms with Gasteiger partial charge < -0.3 is 10.2 Å². The summed E-state index contributed by atoms with van der Waals surface area (Å²) in [6.45, 7) is 2.06. The van der Waals surface area contributed by atoms with E-state index in [2.05, 4.69) is 0 Å². The average molecular weight is 192 g/mol. The number of aliphatic hydroxyl groups is 2. The van der Waals surface area contributed by atoms with Crippen molar-refractivity contribution in [2.75, 3.05) is 6.61 Å². The van der Waals surface area contributed by atoms with Gasteiger partial charge in [0.25, 0.3) is 0 Å². The second kappa shape index (κ2) is 5.58. The largest absolute Gasteiger partial charge is 0.392 e. The molecule has 2 heteroatoms. The van der Waals surface area contributed by atoms with Gasteiger partial charge in [-0.15, -0.1) is 0 Å². The van der Waals surface area contributed by atoms with Gasteiger partial charge in [-0.25, -0.2) is 0 Å². The maximum absolute atomic E-state index is 9.07. The Morgan fingerprint density at radius 3 is 2.43 bits per heavy atom. The van der Waals surface area contributed by atoms with E-state index < -0.39 is 0 Å². The molecule has 14 heavy (non-hydrogen) atoms. The standard InChI is InChI=1S/C12H16O2/c1-10(8-13)6-7-11-4-2-3-5-12(11)9-14/h2-6,13-14H,7-9H2,1H3/b10-6+. The molecule has 2 nitrogen and oxygen atoms in total. The van der Waals surface area contributed by atoms with Crippen LogP contribution in [0.2, 0.25) is 0 Å². The number of hydrogen-bond acceptors (Lipinski definition) is 2. The van der Waals surface area contributed by atoms with Crippen molar-refractivity contribution in [1.29, 1.82) is 0 Å². The van der Waals surface area contributed by atoms with E-state index >= 15 is 0 Å². The second-order valence-electron chi connectivity index (χ2n) is 3.34. The summed E-state index contributed by atoms with van der Waals surface area (Å²) in [6.07, 6.45) is 2.75. The van der Waals surface area contributed by atoms with Crippen molar-refractivity contribution < 1.29 is 10.2 Å². The van der Waals surface area contributed by atoms with Crippen LogP contribution in [0.15, 0.2) is 35.9 Å². The lowest BCUT2D eigenvalue weighted by atomic mass is 10.0. The average Bonchev–Trinajstić information content (AvgIpc) is 2.26. The number of allylic oxidation sites excluding steroid dienone is 1. The minimum atomic E-state index is 0.0716. The molecule has 76 valence electrons. The number of aliphatic hydroxyl groups excluding tert-OH is 2. The van der Waals surface area contributed by atoms with E-state index in [-0.39, 0.29) is 13.2 Å². The third-order valence-electron chi connectivity index (χ3n) is 2.21. The number of benzene rings is 1. The molecule has 0 heterocycles. The zero-order valence-corrected chi connectivity index (χ0v) is 8.40. The molecule has 0 atom stereocenters. The topological polar surface area (TPSA) is 40.5 Å². The van der Waals surface area contributed by atoms with Crippen molar-refractivity contribution in [1.82, 2.24) is 0 Å². The quantitative estimate of drug-likeness (QED) is 0.712. The summed E-state index contributed by atoms with van der Waals surface area (Å²) >= 11 is 0. The van der Waals surface area contributed by atoms with Crippen LogP contribution in [-0.4, -0.2) is 16.8 Å². The van der Waals surface area contributed by atoms with Gasteiger partial charge in [-0.05, 0) is 24.5 Å². The Labute approximate surface area is 84.5 Å². The van der Waals surface area contributed by atoms with E-state index in [1.54, 1.807) is 0 Å². The smallest absolute Gasteiger partial charge is 0.0684 e. The predicted octanol–water partition coefficient (Wildman–Crippen LogP) is 1.66. The lowest BCUT2D eigenvalue weighted by molar-refractivity contribution is 0.281. The maximum Gasteiger partial charge on any atom is 0.0684 e. The minimum absolute atomic E-state index is 0.0716. The number of hydrogen-bond donors (Lipinski definition) is 2. The Morgan fingerprint density at radius 2 is 1.86 bits per heavy atom. The van der Waals surface area contributed by atoms with Crippen molar-refractivity contribution in [3.8, 4) is 0 Å². The molecule has 0 saturated carbocycles. The molecule has 0 bridgehead atoms. The molecule has 0 aromatic heterocycles. The lowest BCUT2D eigenvalue weighted by Crippen LogP contribution is -1.93. The fraction of sp³-hybridized carbons (Fsp3) is 0.333. The molecule has 0 fully saturated rings. The first-order chi connectivity index (χ1) is 6.77. The van der Waals surface area contributed by atoms with Crippen LogP contribution in [0.1, 0.15) is 18.1 Å². The molecular weight excluding hydrogens is 176 g/mol. The SMILES string of the molecule is C/C(=C\Cc1ccccc1CO)CO. The summed E-state index contributed by atoms with van der Waals surface area (Å²) in [6, 6.07) is 7.78. The molecule has 0 aliphatic heterocycles. The van der Waals surface area contributed by atoms with Gasteiger partial charge in [0, 0.05) is 0 Å². The van der Waals surface area contributed by atoms with Crippen LogP contribution in [0.3, 0.4) is 0 Å². The monoisotopic (exact) mass is 192 g/mol. The molecule has 2 N–H and O–H groups in total. The molecular formula is C12H16O2. The molecule has 0 spiro atoms. The fourth-order valence-corrected chi connectivity index (χ4v) is 1.26. The molecule has 0 radical (unpaired) electrons. The van der Waals surface area contributed by atoms with Crippen molar-refractivity contribution in [3.63, 3.8) is 0 Å². The van der Waals surface area contributed by atoms with Crippen molar-refractivity contribution in [2.24, 2.45) is 0 Å². The highest BCUT2D eigenvalue weighted by molar-refractivity contribution is 5.28. The van der Waals surface area contributed by atoms with E-state index in [1.165, 1.54) is 0 Å². The Bertz CT molecular complexity index is 316. The molecule has 1 aromatic rings.